The van der Waals surface area contributed by atoms with Gasteiger partial charge in [0.15, 0.2) is 0 Å². The van der Waals surface area contributed by atoms with Crippen LogP contribution in [0.25, 0.3) is 0 Å². The van der Waals surface area contributed by atoms with Gasteiger partial charge in [0.25, 0.3) is 0 Å². The molecule has 2 nitrogen and oxygen atoms in total. The number of benzene rings is 1. The lowest BCUT2D eigenvalue weighted by Gasteiger charge is -2.13. The molecule has 0 radical (unpaired) electrons. The average molecular weight is 212 g/mol. The molecular weight excluding hydrogens is 198 g/mol. The molecule has 3 heteroatoms. The van der Waals surface area contributed by atoms with Crippen LogP contribution in [0.1, 0.15) is 24.4 Å². The largest absolute Gasteiger partial charge is 0.497 e. The van der Waals surface area contributed by atoms with Gasteiger partial charge in [-0.1, -0.05) is 11.6 Å². The zero-order chi connectivity index (χ0) is 9.97. The second-order valence-electron chi connectivity index (χ2n) is 3.54. The van der Waals surface area contributed by atoms with Crippen LogP contribution in [0.5, 0.6) is 5.75 Å². The summed E-state index contributed by atoms with van der Waals surface area (Å²) in [6.45, 7) is 1.08. The molecule has 14 heavy (non-hydrogen) atoms. The van der Waals surface area contributed by atoms with Crippen molar-refractivity contribution in [2.24, 2.45) is 0 Å². The van der Waals surface area contributed by atoms with Gasteiger partial charge >= 0.3 is 0 Å². The van der Waals surface area contributed by atoms with Crippen LogP contribution in [0.15, 0.2) is 18.2 Å². The Morgan fingerprint density at radius 3 is 3.00 bits per heavy atom. The van der Waals surface area contributed by atoms with E-state index in [1.54, 1.807) is 7.11 Å². The van der Waals surface area contributed by atoms with E-state index in [-0.39, 0.29) is 0 Å². The normalized spacial score (nSPS) is 21.1. The molecule has 76 valence electrons. The van der Waals surface area contributed by atoms with E-state index in [0.29, 0.717) is 6.04 Å². The molecule has 0 unspecified atom stereocenters. The Bertz CT molecular complexity index is 321. The Balaban J connectivity index is 2.29. The number of hydrogen-bond donors (Lipinski definition) is 1. The Kier molecular flexibility index (Phi) is 2.94. The molecule has 1 aromatic rings. The van der Waals surface area contributed by atoms with E-state index in [2.05, 4.69) is 5.32 Å². The summed E-state index contributed by atoms with van der Waals surface area (Å²) in [7, 11) is 1.68. The van der Waals surface area contributed by atoms with Crippen LogP contribution < -0.4 is 10.1 Å². The van der Waals surface area contributed by atoms with Crippen LogP contribution >= 0.6 is 11.6 Å². The molecular formula is C11H14ClNO. The Morgan fingerprint density at radius 1 is 1.50 bits per heavy atom. The first-order chi connectivity index (χ1) is 6.81. The van der Waals surface area contributed by atoms with Gasteiger partial charge in [0, 0.05) is 11.1 Å². The minimum absolute atomic E-state index is 0.401. The first kappa shape index (κ1) is 9.81. The Morgan fingerprint density at radius 2 is 2.36 bits per heavy atom. The predicted molar refractivity (Wildman–Crippen MR) is 58.0 cm³/mol. The smallest absolute Gasteiger partial charge is 0.119 e. The summed E-state index contributed by atoms with van der Waals surface area (Å²) in [6.07, 6.45) is 2.38. The quantitative estimate of drug-likeness (QED) is 0.813. The van der Waals surface area contributed by atoms with Crippen LogP contribution in [0.4, 0.5) is 0 Å². The first-order valence-electron chi connectivity index (χ1n) is 4.88. The lowest BCUT2D eigenvalue weighted by Crippen LogP contribution is -2.13. The summed E-state index contributed by atoms with van der Waals surface area (Å²) in [4.78, 5) is 0. The summed E-state index contributed by atoms with van der Waals surface area (Å²) in [6, 6.07) is 6.21. The Hall–Kier alpha value is -0.730. The number of methoxy groups -OCH3 is 1. The molecule has 1 aliphatic rings. The van der Waals surface area contributed by atoms with Crippen molar-refractivity contribution >= 4 is 11.6 Å². The third-order valence-electron chi connectivity index (χ3n) is 2.64. The van der Waals surface area contributed by atoms with Crippen molar-refractivity contribution in [3.05, 3.63) is 28.8 Å². The van der Waals surface area contributed by atoms with E-state index in [4.69, 9.17) is 16.3 Å². The van der Waals surface area contributed by atoms with Gasteiger partial charge in [0.2, 0.25) is 0 Å². The zero-order valence-electron chi connectivity index (χ0n) is 8.22. The standard InChI is InChI=1S/C11H14ClNO/c1-14-8-4-5-10(12)9(7-8)11-3-2-6-13-11/h4-5,7,11,13H,2-3,6H2,1H3/t11-/m0/s1. The third-order valence-corrected chi connectivity index (χ3v) is 2.98. The van der Waals surface area contributed by atoms with Gasteiger partial charge in [-0.05, 0) is 43.1 Å². The summed E-state index contributed by atoms with van der Waals surface area (Å²) in [5.41, 5.74) is 1.16. The fourth-order valence-electron chi connectivity index (χ4n) is 1.87. The van der Waals surface area contributed by atoms with Gasteiger partial charge in [0.05, 0.1) is 7.11 Å². The van der Waals surface area contributed by atoms with E-state index in [9.17, 15) is 0 Å². The van der Waals surface area contributed by atoms with Gasteiger partial charge in [-0.3, -0.25) is 0 Å². The molecule has 0 bridgehead atoms. The highest BCUT2D eigenvalue weighted by Gasteiger charge is 2.18. The van der Waals surface area contributed by atoms with Crippen molar-refractivity contribution in [1.29, 1.82) is 0 Å². The van der Waals surface area contributed by atoms with Crippen molar-refractivity contribution in [2.45, 2.75) is 18.9 Å². The molecule has 1 saturated heterocycles. The van der Waals surface area contributed by atoms with Gasteiger partial charge in [-0.15, -0.1) is 0 Å². The van der Waals surface area contributed by atoms with Crippen molar-refractivity contribution in [2.75, 3.05) is 13.7 Å². The van der Waals surface area contributed by atoms with Crippen LogP contribution in [-0.2, 0) is 0 Å². The fourth-order valence-corrected chi connectivity index (χ4v) is 2.12. The first-order valence-corrected chi connectivity index (χ1v) is 5.26. The van der Waals surface area contributed by atoms with E-state index >= 15 is 0 Å². The highest BCUT2D eigenvalue weighted by Crippen LogP contribution is 2.31. The fraction of sp³-hybridized carbons (Fsp3) is 0.455. The Labute approximate surface area is 89.2 Å². The molecule has 1 heterocycles. The maximum atomic E-state index is 6.14. The summed E-state index contributed by atoms with van der Waals surface area (Å²) < 4.78 is 5.18. The molecule has 0 spiro atoms. The van der Waals surface area contributed by atoms with Gasteiger partial charge in [-0.2, -0.15) is 0 Å². The lowest BCUT2D eigenvalue weighted by atomic mass is 10.1. The molecule has 2 rings (SSSR count). The van der Waals surface area contributed by atoms with Crippen molar-refractivity contribution in [3.8, 4) is 5.75 Å². The van der Waals surface area contributed by atoms with Gasteiger partial charge in [-0.25, -0.2) is 0 Å². The molecule has 1 atom stereocenters. The molecule has 0 aromatic heterocycles. The van der Waals surface area contributed by atoms with Gasteiger partial charge < -0.3 is 10.1 Å². The molecule has 1 N–H and O–H groups in total. The molecule has 1 fully saturated rings. The molecule has 1 aliphatic heterocycles. The summed E-state index contributed by atoms with van der Waals surface area (Å²) >= 11 is 6.14. The third kappa shape index (κ3) is 1.86. The van der Waals surface area contributed by atoms with E-state index < -0.39 is 0 Å². The summed E-state index contributed by atoms with van der Waals surface area (Å²) in [5.74, 6) is 0.873. The van der Waals surface area contributed by atoms with E-state index in [0.717, 1.165) is 29.3 Å². The molecule has 1 aromatic carbocycles. The highest BCUT2D eigenvalue weighted by atomic mass is 35.5. The second-order valence-corrected chi connectivity index (χ2v) is 3.94. The maximum Gasteiger partial charge on any atom is 0.119 e. The SMILES string of the molecule is COc1ccc(Cl)c([C@@H]2CCCN2)c1. The minimum atomic E-state index is 0.401. The molecule has 0 saturated carbocycles. The number of nitrogens with one attached hydrogen (secondary N) is 1. The van der Waals surface area contributed by atoms with Crippen LogP contribution in [0, 0.1) is 0 Å². The van der Waals surface area contributed by atoms with Crippen molar-refractivity contribution in [3.63, 3.8) is 0 Å². The van der Waals surface area contributed by atoms with Crippen molar-refractivity contribution in [1.82, 2.24) is 5.32 Å². The van der Waals surface area contributed by atoms with Gasteiger partial charge in [0.1, 0.15) is 5.75 Å². The molecule has 0 aliphatic carbocycles. The average Bonchev–Trinajstić information content (AvgIpc) is 2.71. The van der Waals surface area contributed by atoms with Crippen LogP contribution in [0.2, 0.25) is 5.02 Å². The lowest BCUT2D eigenvalue weighted by molar-refractivity contribution is 0.413. The number of rotatable bonds is 2. The summed E-state index contributed by atoms with van der Waals surface area (Å²) in [5, 5.41) is 4.25. The maximum absolute atomic E-state index is 6.14. The number of hydrogen-bond acceptors (Lipinski definition) is 2. The van der Waals surface area contributed by atoms with Crippen LogP contribution in [-0.4, -0.2) is 13.7 Å². The van der Waals surface area contributed by atoms with Crippen LogP contribution in [0.3, 0.4) is 0 Å². The second kappa shape index (κ2) is 4.20. The minimum Gasteiger partial charge on any atom is -0.497 e. The molecule has 0 amide bonds. The number of halogens is 1. The van der Waals surface area contributed by atoms with Crippen molar-refractivity contribution < 1.29 is 4.74 Å². The van der Waals surface area contributed by atoms with E-state index in [1.165, 1.54) is 6.42 Å². The number of ether oxygens (including phenoxy) is 1. The highest BCUT2D eigenvalue weighted by molar-refractivity contribution is 6.31. The monoisotopic (exact) mass is 211 g/mol. The topological polar surface area (TPSA) is 21.3 Å². The zero-order valence-corrected chi connectivity index (χ0v) is 8.97. The van der Waals surface area contributed by atoms with E-state index in [1.807, 2.05) is 18.2 Å². The predicted octanol–water partition coefficient (Wildman–Crippen LogP) is 2.77.